The second-order valence-electron chi connectivity index (χ2n) is 11.1. The SMILES string of the molecule is CCOC(=O)CCSCCC(=O)OCCOCCOCCOCCOC(=O)CCSCCC(=O)OCC(CC)(COC(=O)CCS)COC(=O)CCS. The summed E-state index contributed by atoms with van der Waals surface area (Å²) in [5.74, 6) is 0.463. The lowest BCUT2D eigenvalue weighted by atomic mass is 9.88. The number of thiol groups is 2. The van der Waals surface area contributed by atoms with E-state index in [9.17, 15) is 28.8 Å². The summed E-state index contributed by atoms with van der Waals surface area (Å²) in [5.41, 5.74) is -0.881. The van der Waals surface area contributed by atoms with E-state index in [4.69, 9.17) is 42.6 Å². The van der Waals surface area contributed by atoms with Crippen molar-refractivity contribution in [3.05, 3.63) is 0 Å². The van der Waals surface area contributed by atoms with E-state index in [0.29, 0.717) is 80.4 Å². The number of carbonyl (C=O) groups is 6. The fourth-order valence-electron chi connectivity index (χ4n) is 3.71. The molecule has 0 aromatic heterocycles. The fourth-order valence-corrected chi connectivity index (χ4v) is 5.72. The zero-order valence-electron chi connectivity index (χ0n) is 31.0. The third-order valence-electron chi connectivity index (χ3n) is 6.83. The van der Waals surface area contributed by atoms with Gasteiger partial charge >= 0.3 is 35.8 Å². The van der Waals surface area contributed by atoms with Gasteiger partial charge in [0.2, 0.25) is 0 Å². The van der Waals surface area contributed by atoms with Crippen molar-refractivity contribution in [3.8, 4) is 0 Å². The molecular formula is C34H58O15S4. The van der Waals surface area contributed by atoms with Gasteiger partial charge in [-0.1, -0.05) is 6.92 Å². The van der Waals surface area contributed by atoms with Crippen LogP contribution in [0.5, 0.6) is 0 Å². The molecule has 0 atom stereocenters. The molecule has 15 nitrogen and oxygen atoms in total. The Kier molecular flexibility index (Phi) is 34.5. The summed E-state index contributed by atoms with van der Waals surface area (Å²) in [5, 5.41) is 0. The molecule has 0 saturated heterocycles. The van der Waals surface area contributed by atoms with Crippen molar-refractivity contribution in [3.63, 3.8) is 0 Å². The average Bonchev–Trinajstić information content (AvgIpc) is 3.13. The minimum Gasteiger partial charge on any atom is -0.466 e. The number of ether oxygens (including phenoxy) is 9. The van der Waals surface area contributed by atoms with Crippen LogP contribution in [0.4, 0.5) is 0 Å². The third-order valence-corrected chi connectivity index (χ3v) is 9.25. The predicted octanol–water partition coefficient (Wildman–Crippen LogP) is 3.38. The highest BCUT2D eigenvalue weighted by molar-refractivity contribution is 7.99. The van der Waals surface area contributed by atoms with E-state index in [2.05, 4.69) is 25.3 Å². The molecule has 0 aliphatic rings. The summed E-state index contributed by atoms with van der Waals surface area (Å²) in [6.45, 7) is 5.81. The summed E-state index contributed by atoms with van der Waals surface area (Å²) in [6, 6.07) is 0. The van der Waals surface area contributed by atoms with Crippen LogP contribution in [-0.2, 0) is 71.4 Å². The van der Waals surface area contributed by atoms with Crippen molar-refractivity contribution in [2.75, 3.05) is 114 Å². The molecule has 19 heteroatoms. The number of hydrogen-bond donors (Lipinski definition) is 2. The zero-order valence-corrected chi connectivity index (χ0v) is 34.4. The van der Waals surface area contributed by atoms with Crippen molar-refractivity contribution < 1.29 is 71.4 Å². The lowest BCUT2D eigenvalue weighted by Crippen LogP contribution is -2.39. The van der Waals surface area contributed by atoms with Gasteiger partial charge in [-0.3, -0.25) is 28.8 Å². The topological polar surface area (TPSA) is 185 Å². The van der Waals surface area contributed by atoms with Gasteiger partial charge in [0.1, 0.15) is 33.0 Å². The maximum atomic E-state index is 12.4. The van der Waals surface area contributed by atoms with Crippen molar-refractivity contribution in [2.45, 2.75) is 58.8 Å². The average molecular weight is 835 g/mol. The molecule has 0 heterocycles. The van der Waals surface area contributed by atoms with Crippen LogP contribution in [0, 0.1) is 5.41 Å². The standard InChI is InChI=1S/C34H58O15S4/c1-3-34(25-47-28(35)5-19-50,26-48-29(36)6-20-51)27-49-33(40)10-24-53-23-9-32(39)46-18-16-43-14-12-41-11-13-42-15-17-45-31(38)8-22-52-21-7-30(37)44-4-2/h50-51H,3-27H2,1-2H3. The summed E-state index contributed by atoms with van der Waals surface area (Å²) in [7, 11) is 0. The molecule has 0 unspecified atom stereocenters. The van der Waals surface area contributed by atoms with E-state index in [-0.39, 0.29) is 96.3 Å². The predicted molar refractivity (Wildman–Crippen MR) is 207 cm³/mol. The molecule has 0 fully saturated rings. The highest BCUT2D eigenvalue weighted by Crippen LogP contribution is 2.25. The Morgan fingerprint density at radius 3 is 1.06 bits per heavy atom. The van der Waals surface area contributed by atoms with Crippen LogP contribution in [0.25, 0.3) is 0 Å². The van der Waals surface area contributed by atoms with Gasteiger partial charge in [-0.25, -0.2) is 0 Å². The molecule has 0 amide bonds. The van der Waals surface area contributed by atoms with Crippen molar-refractivity contribution in [2.24, 2.45) is 5.41 Å². The smallest absolute Gasteiger partial charge is 0.306 e. The Morgan fingerprint density at radius 1 is 0.434 bits per heavy atom. The van der Waals surface area contributed by atoms with Crippen LogP contribution in [0.15, 0.2) is 0 Å². The van der Waals surface area contributed by atoms with E-state index in [1.165, 1.54) is 23.5 Å². The second-order valence-corrected chi connectivity index (χ2v) is 14.4. The van der Waals surface area contributed by atoms with Gasteiger partial charge in [-0.2, -0.15) is 48.8 Å². The van der Waals surface area contributed by atoms with Crippen LogP contribution in [0.3, 0.4) is 0 Å². The van der Waals surface area contributed by atoms with E-state index in [1.807, 2.05) is 6.92 Å². The summed E-state index contributed by atoms with van der Waals surface area (Å²) >= 11 is 11.0. The molecule has 308 valence electrons. The molecule has 0 N–H and O–H groups in total. The Bertz CT molecular complexity index is 997. The normalized spacial score (nSPS) is 11.1. The molecule has 0 aromatic rings. The van der Waals surface area contributed by atoms with Crippen LogP contribution in [0.2, 0.25) is 0 Å². The summed E-state index contributed by atoms with van der Waals surface area (Å²) < 4.78 is 47.4. The van der Waals surface area contributed by atoms with Gasteiger partial charge in [-0.15, -0.1) is 0 Å². The van der Waals surface area contributed by atoms with Crippen molar-refractivity contribution in [1.82, 2.24) is 0 Å². The highest BCUT2D eigenvalue weighted by Gasteiger charge is 2.34. The molecule has 0 aliphatic carbocycles. The second kappa shape index (κ2) is 35.8. The first-order chi connectivity index (χ1) is 25.6. The molecule has 0 aliphatic heterocycles. The third kappa shape index (κ3) is 32.1. The lowest BCUT2D eigenvalue weighted by Gasteiger charge is -2.31. The molecular weight excluding hydrogens is 777 g/mol. The maximum Gasteiger partial charge on any atom is 0.306 e. The number of thioether (sulfide) groups is 2. The van der Waals surface area contributed by atoms with E-state index >= 15 is 0 Å². The Morgan fingerprint density at radius 2 is 0.736 bits per heavy atom. The van der Waals surface area contributed by atoms with E-state index in [0.717, 1.165) is 0 Å². The molecule has 0 saturated carbocycles. The van der Waals surface area contributed by atoms with Gasteiger partial charge in [0.05, 0.1) is 90.2 Å². The van der Waals surface area contributed by atoms with Crippen LogP contribution < -0.4 is 0 Å². The summed E-state index contributed by atoms with van der Waals surface area (Å²) in [4.78, 5) is 71.1. The van der Waals surface area contributed by atoms with Gasteiger partial charge in [0.25, 0.3) is 0 Å². The Labute approximate surface area is 332 Å². The first-order valence-corrected chi connectivity index (χ1v) is 21.2. The van der Waals surface area contributed by atoms with Gasteiger partial charge in [0, 0.05) is 34.5 Å². The number of hydrogen-bond acceptors (Lipinski definition) is 19. The minimum absolute atomic E-state index is 0.0732. The molecule has 0 rings (SSSR count). The molecule has 53 heavy (non-hydrogen) atoms. The number of carbonyl (C=O) groups excluding carboxylic acids is 6. The van der Waals surface area contributed by atoms with Crippen LogP contribution >= 0.6 is 48.8 Å². The van der Waals surface area contributed by atoms with Gasteiger partial charge in [0.15, 0.2) is 0 Å². The lowest BCUT2D eigenvalue weighted by molar-refractivity contribution is -0.162. The number of rotatable bonds is 36. The largest absolute Gasteiger partial charge is 0.466 e. The molecule has 0 radical (unpaired) electrons. The van der Waals surface area contributed by atoms with Gasteiger partial charge in [-0.05, 0) is 13.3 Å². The van der Waals surface area contributed by atoms with Crippen LogP contribution in [-0.4, -0.2) is 150 Å². The monoisotopic (exact) mass is 834 g/mol. The first kappa shape index (κ1) is 51.1. The quantitative estimate of drug-likeness (QED) is 0.0405. The maximum absolute atomic E-state index is 12.4. The van der Waals surface area contributed by atoms with Crippen molar-refractivity contribution >= 4 is 84.6 Å². The van der Waals surface area contributed by atoms with Crippen LogP contribution in [0.1, 0.15) is 58.8 Å². The molecule has 0 bridgehead atoms. The highest BCUT2D eigenvalue weighted by atomic mass is 32.2. The minimum atomic E-state index is -0.881. The molecule has 0 spiro atoms. The van der Waals surface area contributed by atoms with Gasteiger partial charge < -0.3 is 42.6 Å². The summed E-state index contributed by atoms with van der Waals surface area (Å²) in [6.07, 6.45) is 1.56. The van der Waals surface area contributed by atoms with Crippen molar-refractivity contribution in [1.29, 1.82) is 0 Å². The number of esters is 6. The fraction of sp³-hybridized carbons (Fsp3) is 0.824. The molecule has 0 aromatic carbocycles. The van der Waals surface area contributed by atoms with E-state index < -0.39 is 23.3 Å². The Balaban J connectivity index is 3.84. The van der Waals surface area contributed by atoms with E-state index in [1.54, 1.807) is 6.92 Å². The first-order valence-electron chi connectivity index (χ1n) is 17.7. The zero-order chi connectivity index (χ0) is 39.4. The Hall–Kier alpha value is -1.90.